The molecule has 0 unspecified atom stereocenters. The third kappa shape index (κ3) is 6.13. The van der Waals surface area contributed by atoms with E-state index in [1.165, 1.54) is 43.7 Å². The van der Waals surface area contributed by atoms with Crippen molar-refractivity contribution >= 4 is 12.0 Å². The van der Waals surface area contributed by atoms with Crippen LogP contribution in [0.2, 0.25) is 0 Å². The van der Waals surface area contributed by atoms with Crippen molar-refractivity contribution in [2.24, 2.45) is 5.92 Å². The van der Waals surface area contributed by atoms with Crippen LogP contribution < -0.4 is 0 Å². The van der Waals surface area contributed by atoms with Crippen molar-refractivity contribution in [2.45, 2.75) is 38.5 Å². The molecule has 1 saturated carbocycles. The summed E-state index contributed by atoms with van der Waals surface area (Å²) in [5, 5.41) is 8.84. The van der Waals surface area contributed by atoms with E-state index in [0.717, 1.165) is 12.0 Å². The predicted molar refractivity (Wildman–Crippen MR) is 91.5 cm³/mol. The molecule has 2 nitrogen and oxygen atoms in total. The van der Waals surface area contributed by atoms with E-state index < -0.39 is 5.97 Å². The molecule has 1 aromatic carbocycles. The molecular formula is C20H24O2. The fraction of sp³-hybridized carbons (Fsp3) is 0.350. The second-order valence-corrected chi connectivity index (χ2v) is 5.83. The highest BCUT2D eigenvalue weighted by Gasteiger charge is 2.11. The first kappa shape index (κ1) is 16.3. The highest BCUT2D eigenvalue weighted by molar-refractivity contribution is 5.80. The number of hydrogen-bond donors (Lipinski definition) is 1. The van der Waals surface area contributed by atoms with Gasteiger partial charge in [0.15, 0.2) is 0 Å². The first-order valence-electron chi connectivity index (χ1n) is 8.07. The standard InChI is InChI=1S/C20H24O2/c21-20(22)15-14-19(16-18-10-5-2-6-11-18)13-7-12-17-8-3-1-4-9-17/h1,3-4,7-9,12,14-16,18H,2,5-6,10-11,13H2,(H,21,22)/b12-7+,15-14-,19-16-. The van der Waals surface area contributed by atoms with Crippen LogP contribution >= 0.6 is 0 Å². The van der Waals surface area contributed by atoms with E-state index in [4.69, 9.17) is 5.11 Å². The summed E-state index contributed by atoms with van der Waals surface area (Å²) in [6.45, 7) is 0. The Hall–Kier alpha value is -2.09. The molecule has 0 spiro atoms. The van der Waals surface area contributed by atoms with Crippen LogP contribution in [0.3, 0.4) is 0 Å². The number of carboxylic acid groups (broad SMARTS) is 1. The van der Waals surface area contributed by atoms with Crippen LogP contribution in [-0.2, 0) is 4.79 Å². The molecule has 22 heavy (non-hydrogen) atoms. The van der Waals surface area contributed by atoms with Gasteiger partial charge in [0.1, 0.15) is 0 Å². The van der Waals surface area contributed by atoms with Gasteiger partial charge in [-0.15, -0.1) is 0 Å². The highest BCUT2D eigenvalue weighted by Crippen LogP contribution is 2.26. The van der Waals surface area contributed by atoms with Crippen molar-refractivity contribution in [1.82, 2.24) is 0 Å². The first-order valence-corrected chi connectivity index (χ1v) is 8.07. The van der Waals surface area contributed by atoms with Gasteiger partial charge < -0.3 is 5.11 Å². The Labute approximate surface area is 132 Å². The fourth-order valence-corrected chi connectivity index (χ4v) is 2.87. The molecule has 1 aliphatic rings. The van der Waals surface area contributed by atoms with Gasteiger partial charge >= 0.3 is 5.97 Å². The van der Waals surface area contributed by atoms with Gasteiger partial charge in [-0.3, -0.25) is 0 Å². The zero-order valence-corrected chi connectivity index (χ0v) is 12.9. The smallest absolute Gasteiger partial charge is 0.328 e. The van der Waals surface area contributed by atoms with Gasteiger partial charge in [0.25, 0.3) is 0 Å². The van der Waals surface area contributed by atoms with Crippen LogP contribution in [0.4, 0.5) is 0 Å². The van der Waals surface area contributed by atoms with E-state index in [9.17, 15) is 4.79 Å². The minimum Gasteiger partial charge on any atom is -0.478 e. The summed E-state index contributed by atoms with van der Waals surface area (Å²) in [6.07, 6.45) is 16.6. The summed E-state index contributed by atoms with van der Waals surface area (Å²) in [4.78, 5) is 10.8. The summed E-state index contributed by atoms with van der Waals surface area (Å²) in [5.41, 5.74) is 2.27. The lowest BCUT2D eigenvalue weighted by molar-refractivity contribution is -0.131. The maximum absolute atomic E-state index is 10.8. The van der Waals surface area contributed by atoms with Crippen LogP contribution in [0.1, 0.15) is 44.1 Å². The minimum atomic E-state index is -0.887. The molecule has 2 heteroatoms. The molecule has 1 aliphatic carbocycles. The third-order valence-electron chi connectivity index (χ3n) is 4.00. The molecule has 0 atom stereocenters. The van der Waals surface area contributed by atoms with Crippen LogP contribution in [0, 0.1) is 5.92 Å². The summed E-state index contributed by atoms with van der Waals surface area (Å²) < 4.78 is 0. The van der Waals surface area contributed by atoms with Crippen LogP contribution in [0.25, 0.3) is 6.08 Å². The van der Waals surface area contributed by atoms with Gasteiger partial charge in [-0.05, 0) is 36.3 Å². The van der Waals surface area contributed by atoms with Gasteiger partial charge in [-0.25, -0.2) is 4.79 Å². The van der Waals surface area contributed by atoms with Gasteiger partial charge in [-0.1, -0.05) is 73.9 Å². The van der Waals surface area contributed by atoms with E-state index in [1.807, 2.05) is 18.2 Å². The van der Waals surface area contributed by atoms with Gasteiger partial charge in [0.05, 0.1) is 0 Å². The number of benzene rings is 1. The normalized spacial score (nSPS) is 17.4. The Morgan fingerprint density at radius 2 is 1.82 bits per heavy atom. The van der Waals surface area contributed by atoms with Gasteiger partial charge in [-0.2, -0.15) is 0 Å². The Balaban J connectivity index is 2.02. The predicted octanol–water partition coefficient (Wildman–Crippen LogP) is 5.24. The zero-order valence-electron chi connectivity index (χ0n) is 12.9. The summed E-state index contributed by atoms with van der Waals surface area (Å²) >= 11 is 0. The lowest BCUT2D eigenvalue weighted by atomic mass is 9.87. The Kier molecular flexibility index (Phi) is 6.69. The second kappa shape index (κ2) is 9.04. The average Bonchev–Trinajstić information content (AvgIpc) is 2.54. The molecule has 0 aliphatic heterocycles. The van der Waals surface area contributed by atoms with Crippen molar-refractivity contribution in [2.75, 3.05) is 0 Å². The monoisotopic (exact) mass is 296 g/mol. The number of carbonyl (C=O) groups is 1. The van der Waals surface area contributed by atoms with Crippen LogP contribution in [0.15, 0.2) is 60.2 Å². The fourth-order valence-electron chi connectivity index (χ4n) is 2.87. The average molecular weight is 296 g/mol. The molecule has 2 rings (SSSR count). The molecule has 0 aromatic heterocycles. The number of carboxylic acids is 1. The lowest BCUT2D eigenvalue weighted by Gasteiger charge is -2.18. The van der Waals surface area contributed by atoms with E-state index in [-0.39, 0.29) is 0 Å². The molecule has 1 aromatic rings. The summed E-state index contributed by atoms with van der Waals surface area (Å²) in [5.74, 6) is -0.283. The Bertz CT molecular complexity index is 546. The topological polar surface area (TPSA) is 37.3 Å². The number of rotatable bonds is 6. The quantitative estimate of drug-likeness (QED) is 0.576. The van der Waals surface area contributed by atoms with Crippen LogP contribution in [0.5, 0.6) is 0 Å². The van der Waals surface area contributed by atoms with E-state index in [2.05, 4.69) is 30.4 Å². The highest BCUT2D eigenvalue weighted by atomic mass is 16.4. The Morgan fingerprint density at radius 3 is 2.50 bits per heavy atom. The van der Waals surface area contributed by atoms with Crippen molar-refractivity contribution in [3.05, 3.63) is 65.8 Å². The summed E-state index contributed by atoms with van der Waals surface area (Å²) in [7, 11) is 0. The molecule has 0 amide bonds. The third-order valence-corrected chi connectivity index (χ3v) is 4.00. The van der Waals surface area contributed by atoms with E-state index in [0.29, 0.717) is 5.92 Å². The molecule has 1 fully saturated rings. The number of allylic oxidation sites excluding steroid dienone is 4. The van der Waals surface area contributed by atoms with Crippen molar-refractivity contribution in [3.8, 4) is 0 Å². The largest absolute Gasteiger partial charge is 0.478 e. The lowest BCUT2D eigenvalue weighted by Crippen LogP contribution is -2.03. The number of aliphatic carboxylic acids is 1. The van der Waals surface area contributed by atoms with Gasteiger partial charge in [0.2, 0.25) is 0 Å². The summed E-state index contributed by atoms with van der Waals surface area (Å²) in [6, 6.07) is 10.2. The first-order chi connectivity index (χ1) is 10.7. The van der Waals surface area contributed by atoms with E-state index in [1.54, 1.807) is 6.08 Å². The molecule has 0 radical (unpaired) electrons. The van der Waals surface area contributed by atoms with Crippen LogP contribution in [-0.4, -0.2) is 11.1 Å². The van der Waals surface area contributed by atoms with E-state index >= 15 is 0 Å². The molecule has 0 heterocycles. The maximum atomic E-state index is 10.8. The van der Waals surface area contributed by atoms with Crippen molar-refractivity contribution in [1.29, 1.82) is 0 Å². The molecule has 0 bridgehead atoms. The molecule has 1 N–H and O–H groups in total. The zero-order chi connectivity index (χ0) is 15.6. The molecule has 0 saturated heterocycles. The SMILES string of the molecule is O=C(O)/C=C\C(=C/C1CCCCC1)C/C=C/c1ccccc1. The molecular weight excluding hydrogens is 272 g/mol. The van der Waals surface area contributed by atoms with Crippen molar-refractivity contribution < 1.29 is 9.90 Å². The minimum absolute atomic E-state index is 0.604. The Morgan fingerprint density at radius 1 is 1.09 bits per heavy atom. The van der Waals surface area contributed by atoms with Crippen molar-refractivity contribution in [3.63, 3.8) is 0 Å². The maximum Gasteiger partial charge on any atom is 0.328 e. The second-order valence-electron chi connectivity index (χ2n) is 5.83. The van der Waals surface area contributed by atoms with Gasteiger partial charge in [0, 0.05) is 6.08 Å². The number of hydrogen-bond acceptors (Lipinski definition) is 1. The molecule has 116 valence electrons.